The van der Waals surface area contributed by atoms with Gasteiger partial charge in [-0.1, -0.05) is 13.8 Å². The summed E-state index contributed by atoms with van der Waals surface area (Å²) in [6.07, 6.45) is 2.44. The smallest absolute Gasteiger partial charge is 0.252 e. The number of nitrogens with zero attached hydrogens (tertiary/aromatic N) is 1. The van der Waals surface area contributed by atoms with Gasteiger partial charge < -0.3 is 20.1 Å². The van der Waals surface area contributed by atoms with Crippen LogP contribution in [0.15, 0.2) is 0 Å². The third-order valence-corrected chi connectivity index (χ3v) is 3.90. The Hall–Kier alpha value is -0.360. The Morgan fingerprint density at radius 1 is 1.40 bits per heavy atom. The molecule has 3 atom stereocenters. The lowest BCUT2D eigenvalue weighted by molar-refractivity contribution is -0.152. The first-order valence-corrected chi connectivity index (χ1v) is 7.35. The minimum atomic E-state index is -0.290. The van der Waals surface area contributed by atoms with E-state index in [1.807, 2.05) is 4.90 Å². The van der Waals surface area contributed by atoms with E-state index in [1.54, 1.807) is 0 Å². The number of ether oxygens (including phenoxy) is 2. The van der Waals surface area contributed by atoms with E-state index in [4.69, 9.17) is 15.2 Å². The summed E-state index contributed by atoms with van der Waals surface area (Å²) in [5.74, 6) is 0.688. The van der Waals surface area contributed by atoms with Crippen LogP contribution >= 0.6 is 12.4 Å². The summed E-state index contributed by atoms with van der Waals surface area (Å²) < 4.78 is 11.2. The fraction of sp³-hybridized carbons (Fsp3) is 0.929. The molecule has 2 fully saturated rings. The number of nitrogens with two attached hydrogens (primary N) is 1. The first-order valence-electron chi connectivity index (χ1n) is 7.35. The van der Waals surface area contributed by atoms with Crippen LogP contribution in [0.1, 0.15) is 33.1 Å². The predicted octanol–water partition coefficient (Wildman–Crippen LogP) is 1.19. The Labute approximate surface area is 127 Å². The van der Waals surface area contributed by atoms with Crippen molar-refractivity contribution in [3.63, 3.8) is 0 Å². The number of amides is 1. The molecule has 2 heterocycles. The summed E-state index contributed by atoms with van der Waals surface area (Å²) in [6.45, 7) is 6.82. The number of rotatable bonds is 4. The second-order valence-corrected chi connectivity index (χ2v) is 5.95. The van der Waals surface area contributed by atoms with E-state index >= 15 is 0 Å². The molecule has 0 spiro atoms. The Kier molecular flexibility index (Phi) is 7.23. The van der Waals surface area contributed by atoms with Crippen molar-refractivity contribution in [2.45, 2.75) is 51.4 Å². The van der Waals surface area contributed by atoms with Gasteiger partial charge >= 0.3 is 0 Å². The molecule has 20 heavy (non-hydrogen) atoms. The lowest BCUT2D eigenvalue weighted by atomic mass is 10.0. The number of halogens is 1. The molecule has 0 bridgehead atoms. The number of carbonyl (C=O) groups excluding carboxylic acids is 1. The molecule has 0 aromatic heterocycles. The Balaban J connectivity index is 0.00000200. The van der Waals surface area contributed by atoms with Crippen LogP contribution in [0.2, 0.25) is 0 Å². The molecule has 6 heteroatoms. The first kappa shape index (κ1) is 17.7. The summed E-state index contributed by atoms with van der Waals surface area (Å²) in [7, 11) is 0. The van der Waals surface area contributed by atoms with Crippen LogP contribution in [0.5, 0.6) is 0 Å². The number of carbonyl (C=O) groups is 1. The van der Waals surface area contributed by atoms with Gasteiger partial charge in [0.25, 0.3) is 5.91 Å². The van der Waals surface area contributed by atoms with Gasteiger partial charge in [-0.2, -0.15) is 0 Å². The van der Waals surface area contributed by atoms with Gasteiger partial charge in [-0.3, -0.25) is 4.79 Å². The average Bonchev–Trinajstić information content (AvgIpc) is 2.86. The minimum absolute atomic E-state index is 0. The van der Waals surface area contributed by atoms with E-state index in [-0.39, 0.29) is 36.6 Å². The number of hydrogen-bond donors (Lipinski definition) is 1. The molecule has 1 amide bonds. The molecular weight excluding hydrogens is 280 g/mol. The molecule has 2 aliphatic rings. The molecule has 0 radical (unpaired) electrons. The average molecular weight is 307 g/mol. The monoisotopic (exact) mass is 306 g/mol. The standard InChI is InChI=1S/C14H26N2O3.ClH/c1-10(2)7-11-9-18-6-5-16(11)14(17)13-4-3-12(8-15)19-13;/h10-13H,3-9,15H2,1-2H3;1H/t11?,12-,13+;/m1./s1. The molecule has 0 aromatic rings. The molecule has 2 N–H and O–H groups in total. The molecule has 1 unspecified atom stereocenters. The predicted molar refractivity (Wildman–Crippen MR) is 80.0 cm³/mol. The summed E-state index contributed by atoms with van der Waals surface area (Å²) in [5, 5.41) is 0. The molecule has 2 saturated heterocycles. The number of hydrogen-bond acceptors (Lipinski definition) is 4. The highest BCUT2D eigenvalue weighted by Gasteiger charge is 2.36. The van der Waals surface area contributed by atoms with E-state index in [0.717, 1.165) is 19.3 Å². The van der Waals surface area contributed by atoms with Crippen molar-refractivity contribution in [2.75, 3.05) is 26.3 Å². The zero-order valence-corrected chi connectivity index (χ0v) is 13.2. The molecule has 2 rings (SSSR count). The van der Waals surface area contributed by atoms with Gasteiger partial charge in [-0.25, -0.2) is 0 Å². The first-order chi connectivity index (χ1) is 9.11. The largest absolute Gasteiger partial charge is 0.377 e. The quantitative estimate of drug-likeness (QED) is 0.847. The van der Waals surface area contributed by atoms with Gasteiger partial charge in [0.1, 0.15) is 6.10 Å². The van der Waals surface area contributed by atoms with Gasteiger partial charge in [0.05, 0.1) is 25.4 Å². The summed E-state index contributed by atoms with van der Waals surface area (Å²) in [6, 6.07) is 0.196. The second-order valence-electron chi connectivity index (χ2n) is 5.95. The van der Waals surface area contributed by atoms with Crippen molar-refractivity contribution >= 4 is 18.3 Å². The highest BCUT2D eigenvalue weighted by atomic mass is 35.5. The van der Waals surface area contributed by atoms with E-state index in [1.165, 1.54) is 0 Å². The highest BCUT2D eigenvalue weighted by Crippen LogP contribution is 2.24. The van der Waals surface area contributed by atoms with Gasteiger partial charge in [-0.15, -0.1) is 12.4 Å². The maximum Gasteiger partial charge on any atom is 0.252 e. The van der Waals surface area contributed by atoms with Gasteiger partial charge in [-0.05, 0) is 25.2 Å². The molecule has 118 valence electrons. The minimum Gasteiger partial charge on any atom is -0.377 e. The molecule has 2 aliphatic heterocycles. The van der Waals surface area contributed by atoms with Crippen LogP contribution in [0.4, 0.5) is 0 Å². The van der Waals surface area contributed by atoms with Crippen molar-refractivity contribution in [1.29, 1.82) is 0 Å². The van der Waals surface area contributed by atoms with Gasteiger partial charge in [0, 0.05) is 13.1 Å². The van der Waals surface area contributed by atoms with E-state index in [9.17, 15) is 4.79 Å². The fourth-order valence-electron chi connectivity index (χ4n) is 2.93. The zero-order chi connectivity index (χ0) is 13.8. The highest BCUT2D eigenvalue weighted by molar-refractivity contribution is 5.85. The van der Waals surface area contributed by atoms with Crippen LogP contribution in [0, 0.1) is 5.92 Å². The molecule has 0 aliphatic carbocycles. The van der Waals surface area contributed by atoms with E-state index < -0.39 is 0 Å². The topological polar surface area (TPSA) is 64.8 Å². The summed E-state index contributed by atoms with van der Waals surface area (Å²) in [4.78, 5) is 14.5. The van der Waals surface area contributed by atoms with E-state index in [2.05, 4.69) is 13.8 Å². The van der Waals surface area contributed by atoms with Gasteiger partial charge in [0.2, 0.25) is 0 Å². The summed E-state index contributed by atoms with van der Waals surface area (Å²) >= 11 is 0. The van der Waals surface area contributed by atoms with Gasteiger partial charge in [0.15, 0.2) is 0 Å². The fourth-order valence-corrected chi connectivity index (χ4v) is 2.93. The SMILES string of the molecule is CC(C)CC1COCCN1C(=O)[C@@H]1CC[C@H](CN)O1.Cl. The van der Waals surface area contributed by atoms with Crippen molar-refractivity contribution < 1.29 is 14.3 Å². The normalized spacial score (nSPS) is 30.4. The van der Waals surface area contributed by atoms with Crippen LogP contribution in [-0.4, -0.2) is 55.4 Å². The van der Waals surface area contributed by atoms with Crippen molar-refractivity contribution in [1.82, 2.24) is 4.90 Å². The molecule has 5 nitrogen and oxygen atoms in total. The lowest BCUT2D eigenvalue weighted by Crippen LogP contribution is -2.52. The molecule has 0 aromatic carbocycles. The maximum absolute atomic E-state index is 12.6. The van der Waals surface area contributed by atoms with Crippen LogP contribution in [0.25, 0.3) is 0 Å². The third-order valence-electron chi connectivity index (χ3n) is 3.90. The third kappa shape index (κ3) is 4.32. The van der Waals surface area contributed by atoms with Crippen LogP contribution in [-0.2, 0) is 14.3 Å². The van der Waals surface area contributed by atoms with Crippen molar-refractivity contribution in [3.05, 3.63) is 0 Å². The zero-order valence-electron chi connectivity index (χ0n) is 12.4. The molecule has 0 saturated carbocycles. The van der Waals surface area contributed by atoms with Crippen molar-refractivity contribution in [3.8, 4) is 0 Å². The second kappa shape index (κ2) is 8.17. The lowest BCUT2D eigenvalue weighted by Gasteiger charge is -2.37. The Bertz CT molecular complexity index is 315. The summed E-state index contributed by atoms with van der Waals surface area (Å²) in [5.41, 5.74) is 5.60. The van der Waals surface area contributed by atoms with Crippen LogP contribution < -0.4 is 5.73 Å². The van der Waals surface area contributed by atoms with E-state index in [0.29, 0.717) is 32.2 Å². The number of morpholine rings is 1. The van der Waals surface area contributed by atoms with Crippen molar-refractivity contribution in [2.24, 2.45) is 11.7 Å². The Morgan fingerprint density at radius 2 is 2.15 bits per heavy atom. The maximum atomic E-state index is 12.6. The van der Waals surface area contributed by atoms with Crippen LogP contribution in [0.3, 0.4) is 0 Å². The molecular formula is C14H27ClN2O3. The Morgan fingerprint density at radius 3 is 2.75 bits per heavy atom.